The average Bonchev–Trinajstić information content (AvgIpc) is 2.66. The first kappa shape index (κ1) is 11.9. The Hall–Kier alpha value is -0.160. The third-order valence-corrected chi connectivity index (χ3v) is 2.66. The van der Waals surface area contributed by atoms with E-state index in [9.17, 15) is 5.11 Å². The monoisotopic (exact) mass is 202 g/mol. The summed E-state index contributed by atoms with van der Waals surface area (Å²) in [5.41, 5.74) is 5.33. The van der Waals surface area contributed by atoms with Crippen LogP contribution in [0.4, 0.5) is 0 Å². The second kappa shape index (κ2) is 6.35. The second-order valence-corrected chi connectivity index (χ2v) is 4.08. The summed E-state index contributed by atoms with van der Waals surface area (Å²) in [6.45, 7) is 3.12. The molecule has 0 aliphatic carbocycles. The summed E-state index contributed by atoms with van der Waals surface area (Å²) in [5, 5.41) is 9.28. The number of nitrogens with zero attached hydrogens (tertiary/aromatic N) is 1. The number of hydrogen-bond donors (Lipinski definition) is 2. The summed E-state index contributed by atoms with van der Waals surface area (Å²) in [5.74, 6) is 0. The number of aliphatic hydroxyl groups is 1. The molecule has 0 aromatic carbocycles. The van der Waals surface area contributed by atoms with E-state index in [0.29, 0.717) is 12.6 Å². The van der Waals surface area contributed by atoms with Gasteiger partial charge in [-0.3, -0.25) is 0 Å². The minimum Gasteiger partial charge on any atom is -0.392 e. The van der Waals surface area contributed by atoms with Crippen LogP contribution in [0.15, 0.2) is 0 Å². The molecule has 1 heterocycles. The van der Waals surface area contributed by atoms with Crippen LogP contribution < -0.4 is 5.73 Å². The Labute approximate surface area is 86.0 Å². The second-order valence-electron chi connectivity index (χ2n) is 4.08. The summed E-state index contributed by atoms with van der Waals surface area (Å²) >= 11 is 0. The zero-order chi connectivity index (χ0) is 10.4. The lowest BCUT2D eigenvalue weighted by Crippen LogP contribution is -2.32. The van der Waals surface area contributed by atoms with Crippen molar-refractivity contribution in [2.24, 2.45) is 5.73 Å². The summed E-state index contributed by atoms with van der Waals surface area (Å²) in [7, 11) is 2.06. The maximum absolute atomic E-state index is 9.28. The van der Waals surface area contributed by atoms with Crippen molar-refractivity contribution in [2.75, 3.05) is 33.3 Å². The largest absolute Gasteiger partial charge is 0.392 e. The lowest BCUT2D eigenvalue weighted by Gasteiger charge is -2.21. The van der Waals surface area contributed by atoms with Crippen molar-refractivity contribution in [3.63, 3.8) is 0 Å². The first-order valence-corrected chi connectivity index (χ1v) is 5.40. The van der Waals surface area contributed by atoms with E-state index in [0.717, 1.165) is 26.1 Å². The van der Waals surface area contributed by atoms with E-state index in [-0.39, 0.29) is 6.10 Å². The molecule has 1 saturated heterocycles. The van der Waals surface area contributed by atoms with Gasteiger partial charge in [0.1, 0.15) is 0 Å². The van der Waals surface area contributed by atoms with Gasteiger partial charge in [0.2, 0.25) is 0 Å². The van der Waals surface area contributed by atoms with Crippen LogP contribution >= 0.6 is 0 Å². The van der Waals surface area contributed by atoms with E-state index in [1.54, 1.807) is 0 Å². The molecular formula is C10H22N2O2. The quantitative estimate of drug-likeness (QED) is 0.626. The first-order valence-electron chi connectivity index (χ1n) is 5.40. The summed E-state index contributed by atoms with van der Waals surface area (Å²) < 4.78 is 5.53. The SMILES string of the molecule is CN(CCC(O)CN)CC1CCCO1. The van der Waals surface area contributed by atoms with Gasteiger partial charge in [-0.15, -0.1) is 0 Å². The fourth-order valence-corrected chi connectivity index (χ4v) is 1.71. The molecule has 3 N–H and O–H groups in total. The van der Waals surface area contributed by atoms with Crippen molar-refractivity contribution < 1.29 is 9.84 Å². The molecule has 0 aromatic rings. The third-order valence-electron chi connectivity index (χ3n) is 2.66. The van der Waals surface area contributed by atoms with Gasteiger partial charge in [-0.05, 0) is 26.3 Å². The lowest BCUT2D eigenvalue weighted by molar-refractivity contribution is 0.0748. The number of rotatable bonds is 6. The fourth-order valence-electron chi connectivity index (χ4n) is 1.71. The van der Waals surface area contributed by atoms with Gasteiger partial charge in [0.25, 0.3) is 0 Å². The maximum Gasteiger partial charge on any atom is 0.0702 e. The van der Waals surface area contributed by atoms with Crippen LogP contribution in [0.1, 0.15) is 19.3 Å². The van der Waals surface area contributed by atoms with E-state index in [2.05, 4.69) is 11.9 Å². The zero-order valence-electron chi connectivity index (χ0n) is 8.98. The minimum absolute atomic E-state index is 0.355. The Morgan fingerprint density at radius 1 is 1.64 bits per heavy atom. The molecule has 2 atom stereocenters. The molecule has 0 bridgehead atoms. The van der Waals surface area contributed by atoms with E-state index in [1.165, 1.54) is 12.8 Å². The molecule has 4 nitrogen and oxygen atoms in total. The van der Waals surface area contributed by atoms with Gasteiger partial charge in [-0.2, -0.15) is 0 Å². The molecule has 1 aliphatic rings. The van der Waals surface area contributed by atoms with Crippen LogP contribution in [0.25, 0.3) is 0 Å². The van der Waals surface area contributed by atoms with Crippen molar-refractivity contribution in [1.29, 1.82) is 0 Å². The molecule has 0 radical (unpaired) electrons. The number of aliphatic hydroxyl groups excluding tert-OH is 1. The Balaban J connectivity index is 2.05. The molecule has 0 spiro atoms. The fraction of sp³-hybridized carbons (Fsp3) is 1.00. The molecule has 1 fully saturated rings. The van der Waals surface area contributed by atoms with Crippen LogP contribution in [0.3, 0.4) is 0 Å². The predicted octanol–water partition coefficient (Wildman–Crippen LogP) is -0.193. The standard InChI is InChI=1S/C10H22N2O2/c1-12(5-4-9(13)7-11)8-10-3-2-6-14-10/h9-10,13H,2-8,11H2,1H3. The van der Waals surface area contributed by atoms with Gasteiger partial charge in [0, 0.05) is 26.2 Å². The Kier molecular flexibility index (Phi) is 5.40. The Bertz CT molecular complexity index is 149. The van der Waals surface area contributed by atoms with Gasteiger partial charge in [-0.1, -0.05) is 0 Å². The molecule has 0 amide bonds. The minimum atomic E-state index is -0.359. The molecule has 14 heavy (non-hydrogen) atoms. The lowest BCUT2D eigenvalue weighted by atomic mass is 10.2. The van der Waals surface area contributed by atoms with Crippen LogP contribution in [-0.2, 0) is 4.74 Å². The highest BCUT2D eigenvalue weighted by molar-refractivity contribution is 4.69. The number of likely N-dealkylation sites (N-methyl/N-ethyl adjacent to an activating group) is 1. The molecule has 0 saturated carbocycles. The zero-order valence-corrected chi connectivity index (χ0v) is 8.98. The van der Waals surface area contributed by atoms with Gasteiger partial charge in [0.15, 0.2) is 0 Å². The van der Waals surface area contributed by atoms with Gasteiger partial charge in [0.05, 0.1) is 12.2 Å². The van der Waals surface area contributed by atoms with Gasteiger partial charge >= 0.3 is 0 Å². The van der Waals surface area contributed by atoms with Gasteiger partial charge in [-0.25, -0.2) is 0 Å². The van der Waals surface area contributed by atoms with Crippen LogP contribution in [0.5, 0.6) is 0 Å². The summed E-state index contributed by atoms with van der Waals surface area (Å²) in [6, 6.07) is 0. The maximum atomic E-state index is 9.28. The highest BCUT2D eigenvalue weighted by Gasteiger charge is 2.17. The van der Waals surface area contributed by atoms with Crippen molar-refractivity contribution in [1.82, 2.24) is 4.90 Å². The normalized spacial score (nSPS) is 24.4. The van der Waals surface area contributed by atoms with Crippen LogP contribution in [-0.4, -0.2) is 55.5 Å². The molecule has 2 unspecified atom stereocenters. The van der Waals surface area contributed by atoms with E-state index in [1.807, 2.05) is 0 Å². The topological polar surface area (TPSA) is 58.7 Å². The average molecular weight is 202 g/mol. The predicted molar refractivity (Wildman–Crippen MR) is 56.1 cm³/mol. The Morgan fingerprint density at radius 3 is 3.00 bits per heavy atom. The third kappa shape index (κ3) is 4.37. The highest BCUT2D eigenvalue weighted by atomic mass is 16.5. The molecular weight excluding hydrogens is 180 g/mol. The van der Waals surface area contributed by atoms with E-state index in [4.69, 9.17) is 10.5 Å². The van der Waals surface area contributed by atoms with E-state index >= 15 is 0 Å². The van der Waals surface area contributed by atoms with Crippen LogP contribution in [0.2, 0.25) is 0 Å². The highest BCUT2D eigenvalue weighted by Crippen LogP contribution is 2.12. The van der Waals surface area contributed by atoms with Gasteiger partial charge < -0.3 is 20.5 Å². The summed E-state index contributed by atoms with van der Waals surface area (Å²) in [4.78, 5) is 2.20. The van der Waals surface area contributed by atoms with E-state index < -0.39 is 0 Å². The first-order chi connectivity index (χ1) is 6.72. The number of hydrogen-bond acceptors (Lipinski definition) is 4. The Morgan fingerprint density at radius 2 is 2.43 bits per heavy atom. The molecule has 0 aromatic heterocycles. The van der Waals surface area contributed by atoms with Crippen molar-refractivity contribution in [3.05, 3.63) is 0 Å². The van der Waals surface area contributed by atoms with Crippen molar-refractivity contribution in [3.8, 4) is 0 Å². The summed E-state index contributed by atoms with van der Waals surface area (Å²) in [6.07, 6.45) is 3.14. The molecule has 84 valence electrons. The molecule has 1 aliphatic heterocycles. The molecule has 1 rings (SSSR count). The smallest absolute Gasteiger partial charge is 0.0702 e. The van der Waals surface area contributed by atoms with Crippen molar-refractivity contribution in [2.45, 2.75) is 31.5 Å². The number of ether oxygens (including phenoxy) is 1. The van der Waals surface area contributed by atoms with Crippen LogP contribution in [0, 0.1) is 0 Å². The molecule has 4 heteroatoms. The van der Waals surface area contributed by atoms with Crippen molar-refractivity contribution >= 4 is 0 Å². The number of nitrogens with two attached hydrogens (primary N) is 1.